The first-order valence-electron chi connectivity index (χ1n) is 9.15. The van der Waals surface area contributed by atoms with Gasteiger partial charge in [-0.15, -0.1) is 0 Å². The Hall–Kier alpha value is -3.37. The number of rotatable bonds is 7. The minimum absolute atomic E-state index is 0.338. The van der Waals surface area contributed by atoms with E-state index in [9.17, 15) is 9.59 Å². The maximum atomic E-state index is 12.4. The number of nitrogens with zero attached hydrogens (tertiary/aromatic N) is 3. The third kappa shape index (κ3) is 6.56. The zero-order valence-electron chi connectivity index (χ0n) is 18.2. The molecule has 0 atom stereocenters. The summed E-state index contributed by atoms with van der Waals surface area (Å²) in [6, 6.07) is 10.1. The molecule has 3 aromatic rings. The fourth-order valence-corrected chi connectivity index (χ4v) is 3.19. The van der Waals surface area contributed by atoms with Crippen molar-refractivity contribution < 1.29 is 23.8 Å². The van der Waals surface area contributed by atoms with Gasteiger partial charge in [0.05, 0.1) is 26.4 Å². The zero-order chi connectivity index (χ0) is 23.7. The Morgan fingerprint density at radius 1 is 1.03 bits per heavy atom. The second-order valence-electron chi connectivity index (χ2n) is 6.37. The monoisotopic (exact) mass is 478 g/mol. The first-order valence-corrected chi connectivity index (χ1v) is 10.3. The van der Waals surface area contributed by atoms with Crippen molar-refractivity contribution in [3.8, 4) is 28.6 Å². The van der Waals surface area contributed by atoms with Gasteiger partial charge in [0, 0.05) is 36.8 Å². The zero-order valence-corrected chi connectivity index (χ0v) is 19.8. The number of aromatic nitrogens is 2. The van der Waals surface area contributed by atoms with Crippen molar-refractivity contribution in [1.29, 1.82) is 0 Å². The molecule has 0 radical (unpaired) electrons. The van der Waals surface area contributed by atoms with Crippen LogP contribution in [0.5, 0.6) is 17.2 Å². The summed E-state index contributed by atoms with van der Waals surface area (Å²) in [4.78, 5) is 27.6. The summed E-state index contributed by atoms with van der Waals surface area (Å²) in [5.74, 6) is 1.82. The van der Waals surface area contributed by atoms with Gasteiger partial charge in [0.1, 0.15) is 5.75 Å². The van der Waals surface area contributed by atoms with Crippen LogP contribution in [-0.2, 0) is 4.79 Å². The van der Waals surface area contributed by atoms with Crippen LogP contribution in [0.2, 0.25) is 5.02 Å². The number of amides is 2. The molecule has 0 aliphatic rings. The van der Waals surface area contributed by atoms with Gasteiger partial charge in [-0.2, -0.15) is 9.36 Å². The van der Waals surface area contributed by atoms with Crippen molar-refractivity contribution in [1.82, 2.24) is 14.3 Å². The number of halogens is 1. The van der Waals surface area contributed by atoms with Gasteiger partial charge in [0.2, 0.25) is 11.5 Å². The second-order valence-corrected chi connectivity index (χ2v) is 7.52. The lowest BCUT2D eigenvalue weighted by atomic mass is 10.2. The van der Waals surface area contributed by atoms with Gasteiger partial charge in [-0.1, -0.05) is 11.6 Å². The fraction of sp³-hybridized carbons (Fsp3) is 0.238. The lowest BCUT2D eigenvalue weighted by molar-refractivity contribution is -0.115. The molecule has 0 aliphatic heterocycles. The number of carbonyl (C=O) groups is 2. The Morgan fingerprint density at radius 2 is 1.66 bits per heavy atom. The fourth-order valence-electron chi connectivity index (χ4n) is 2.34. The Kier molecular flexibility index (Phi) is 9.23. The average Bonchev–Trinajstić information content (AvgIpc) is 3.27. The van der Waals surface area contributed by atoms with Gasteiger partial charge in [-0.25, -0.2) is 0 Å². The summed E-state index contributed by atoms with van der Waals surface area (Å²) in [5, 5.41) is 3.44. The predicted octanol–water partition coefficient (Wildman–Crippen LogP) is 3.84. The molecule has 0 bridgehead atoms. The van der Waals surface area contributed by atoms with Gasteiger partial charge in [0.25, 0.3) is 5.91 Å². The van der Waals surface area contributed by atoms with Gasteiger partial charge in [-0.05, 0) is 36.4 Å². The molecule has 2 amide bonds. The van der Waals surface area contributed by atoms with E-state index in [-0.39, 0.29) is 5.91 Å². The van der Waals surface area contributed by atoms with E-state index in [1.165, 1.54) is 18.1 Å². The average molecular weight is 479 g/mol. The number of ether oxygens (including phenoxy) is 3. The quantitative estimate of drug-likeness (QED) is 0.514. The topological polar surface area (TPSA) is 103 Å². The lowest BCUT2D eigenvalue weighted by Crippen LogP contribution is -2.11. The van der Waals surface area contributed by atoms with E-state index < -0.39 is 0 Å². The van der Waals surface area contributed by atoms with Crippen molar-refractivity contribution in [2.75, 3.05) is 40.7 Å². The summed E-state index contributed by atoms with van der Waals surface area (Å²) in [5.41, 5.74) is 1.14. The predicted molar refractivity (Wildman–Crippen MR) is 124 cm³/mol. The minimum atomic E-state index is -0.338. The molecule has 32 heavy (non-hydrogen) atoms. The Balaban J connectivity index is 0.000000654. The van der Waals surface area contributed by atoms with Crippen LogP contribution >= 0.6 is 23.1 Å². The van der Waals surface area contributed by atoms with Gasteiger partial charge >= 0.3 is 0 Å². The standard InChI is InChI=1S/C18H16ClN3O4S.C3H7NO/c1-24-13-6-5-11(8-12(13)19)17(23)21-18-20-16(22-27-18)10-4-7-14(25-2)15(9-10)26-3;1-4(2)3-5/h4-9H,1-3H3,(H,20,21,22,23);3H,1-2H3. The highest BCUT2D eigenvalue weighted by Crippen LogP contribution is 2.32. The number of carbonyl (C=O) groups excluding carboxylic acids is 2. The molecule has 1 heterocycles. The molecule has 0 unspecified atom stereocenters. The lowest BCUT2D eigenvalue weighted by Gasteiger charge is -2.07. The van der Waals surface area contributed by atoms with Crippen LogP contribution in [0.4, 0.5) is 5.13 Å². The molecule has 0 fully saturated rings. The molecule has 2 aromatic carbocycles. The highest BCUT2D eigenvalue weighted by molar-refractivity contribution is 7.10. The van der Waals surface area contributed by atoms with Crippen LogP contribution < -0.4 is 19.5 Å². The van der Waals surface area contributed by atoms with Crippen molar-refractivity contribution in [2.24, 2.45) is 0 Å². The number of hydrogen-bond donors (Lipinski definition) is 1. The number of benzene rings is 2. The van der Waals surface area contributed by atoms with Crippen molar-refractivity contribution in [2.45, 2.75) is 0 Å². The summed E-state index contributed by atoms with van der Waals surface area (Å²) >= 11 is 7.14. The Bertz CT molecular complexity index is 1070. The summed E-state index contributed by atoms with van der Waals surface area (Å²) in [6.45, 7) is 0. The van der Waals surface area contributed by atoms with E-state index in [4.69, 9.17) is 25.8 Å². The number of anilines is 1. The third-order valence-electron chi connectivity index (χ3n) is 3.91. The van der Waals surface area contributed by atoms with Crippen LogP contribution in [0, 0.1) is 0 Å². The van der Waals surface area contributed by atoms with E-state index in [1.54, 1.807) is 52.6 Å². The molecule has 0 saturated heterocycles. The first-order chi connectivity index (χ1) is 15.3. The third-order valence-corrected chi connectivity index (χ3v) is 4.84. The molecule has 1 N–H and O–H groups in total. The van der Waals surface area contributed by atoms with Gasteiger partial charge in [0.15, 0.2) is 17.3 Å². The molecular weight excluding hydrogens is 456 g/mol. The smallest absolute Gasteiger partial charge is 0.257 e. The number of hydrogen-bond acceptors (Lipinski definition) is 8. The van der Waals surface area contributed by atoms with Crippen LogP contribution in [0.25, 0.3) is 11.4 Å². The van der Waals surface area contributed by atoms with Crippen LogP contribution in [0.15, 0.2) is 36.4 Å². The molecule has 0 saturated carbocycles. The van der Waals surface area contributed by atoms with E-state index >= 15 is 0 Å². The van der Waals surface area contributed by atoms with Crippen molar-refractivity contribution in [3.63, 3.8) is 0 Å². The largest absolute Gasteiger partial charge is 0.495 e. The summed E-state index contributed by atoms with van der Waals surface area (Å²) in [7, 11) is 8.01. The Morgan fingerprint density at radius 3 is 2.22 bits per heavy atom. The molecule has 170 valence electrons. The van der Waals surface area contributed by atoms with Gasteiger partial charge < -0.3 is 19.1 Å². The molecule has 9 nitrogen and oxygen atoms in total. The summed E-state index contributed by atoms with van der Waals surface area (Å²) < 4.78 is 19.9. The van der Waals surface area contributed by atoms with Crippen molar-refractivity contribution >= 4 is 40.6 Å². The first kappa shape index (κ1) is 24.9. The van der Waals surface area contributed by atoms with E-state index in [1.807, 2.05) is 6.07 Å². The molecule has 0 aliphatic carbocycles. The van der Waals surface area contributed by atoms with Crippen LogP contribution in [0.1, 0.15) is 10.4 Å². The van der Waals surface area contributed by atoms with E-state index in [0.29, 0.717) is 38.8 Å². The van der Waals surface area contributed by atoms with Gasteiger partial charge in [-0.3, -0.25) is 14.9 Å². The molecule has 11 heteroatoms. The van der Waals surface area contributed by atoms with Crippen molar-refractivity contribution in [3.05, 3.63) is 47.0 Å². The molecule has 0 spiro atoms. The minimum Gasteiger partial charge on any atom is -0.495 e. The highest BCUT2D eigenvalue weighted by Gasteiger charge is 2.14. The normalized spacial score (nSPS) is 9.81. The Labute approximate surface area is 195 Å². The number of nitrogens with one attached hydrogen (secondary N) is 1. The SMILES string of the molecule is CN(C)C=O.COc1ccc(C(=O)Nc2nc(-c3ccc(OC)c(OC)c3)ns2)cc1Cl. The maximum absolute atomic E-state index is 12.4. The molecule has 3 rings (SSSR count). The second kappa shape index (κ2) is 11.9. The summed E-state index contributed by atoms with van der Waals surface area (Å²) in [6.07, 6.45) is 0.750. The van der Waals surface area contributed by atoms with E-state index in [0.717, 1.165) is 23.5 Å². The van der Waals surface area contributed by atoms with Crippen LogP contribution in [0.3, 0.4) is 0 Å². The maximum Gasteiger partial charge on any atom is 0.257 e. The molecular formula is C21H23ClN4O5S. The highest BCUT2D eigenvalue weighted by atomic mass is 35.5. The van der Waals surface area contributed by atoms with Crippen LogP contribution in [-0.4, -0.2) is 62.0 Å². The number of methoxy groups -OCH3 is 3. The molecule has 1 aromatic heterocycles. The van der Waals surface area contributed by atoms with E-state index in [2.05, 4.69) is 14.7 Å².